The molecule has 0 bridgehead atoms. The lowest BCUT2D eigenvalue weighted by molar-refractivity contribution is -0.115. The molecule has 5 nitrogen and oxygen atoms in total. The van der Waals surface area contributed by atoms with Gasteiger partial charge in [-0.2, -0.15) is 0 Å². The Balaban J connectivity index is 1.64. The number of anilines is 1. The number of nitrogens with one attached hydrogen (secondary N) is 1. The molecule has 0 aliphatic heterocycles. The number of thioether (sulfide) groups is 1. The number of aryl methyl sites for hydroxylation is 1. The van der Waals surface area contributed by atoms with E-state index in [9.17, 15) is 4.79 Å². The van der Waals surface area contributed by atoms with Crippen LogP contribution in [0.3, 0.4) is 0 Å². The van der Waals surface area contributed by atoms with Gasteiger partial charge in [-0.25, -0.2) is 0 Å². The topological polar surface area (TPSA) is 59.8 Å². The van der Waals surface area contributed by atoms with E-state index in [1.165, 1.54) is 11.8 Å². The summed E-state index contributed by atoms with van der Waals surface area (Å²) in [5.74, 6) is -0.129. The molecule has 0 saturated heterocycles. The number of carbonyl (C=O) groups is 1. The Bertz CT molecular complexity index is 1150. The van der Waals surface area contributed by atoms with Crippen LogP contribution in [-0.4, -0.2) is 20.7 Å². The van der Waals surface area contributed by atoms with E-state index in [1.807, 2.05) is 90.4 Å². The molecule has 1 unspecified atom stereocenters. The van der Waals surface area contributed by atoms with Gasteiger partial charge in [0.05, 0.1) is 5.69 Å². The molecule has 1 aromatic heterocycles. The summed E-state index contributed by atoms with van der Waals surface area (Å²) < 4.78 is 1.83. The number of halogens is 1. The van der Waals surface area contributed by atoms with Crippen molar-refractivity contribution in [2.75, 3.05) is 5.32 Å². The molecule has 1 atom stereocenters. The molecule has 0 aliphatic rings. The van der Waals surface area contributed by atoms with Gasteiger partial charge in [0.25, 0.3) is 0 Å². The van der Waals surface area contributed by atoms with E-state index in [2.05, 4.69) is 15.5 Å². The zero-order valence-electron chi connectivity index (χ0n) is 16.2. The minimum Gasteiger partial charge on any atom is -0.325 e. The summed E-state index contributed by atoms with van der Waals surface area (Å²) in [6, 6.07) is 24.8. The van der Waals surface area contributed by atoms with Crippen molar-refractivity contribution in [3.63, 3.8) is 0 Å². The first-order valence-corrected chi connectivity index (χ1v) is 10.6. The summed E-state index contributed by atoms with van der Waals surface area (Å²) in [4.78, 5) is 13.2. The average Bonchev–Trinajstić information content (AvgIpc) is 3.22. The number of hydrogen-bond acceptors (Lipinski definition) is 4. The Kier molecular flexibility index (Phi) is 6.16. The SMILES string of the molecule is Cc1ccc(NC(=O)C(Sc2nncn2-c2cccc(Cl)c2)c2ccccc2)cc1. The second-order valence-corrected chi connectivity index (χ2v) is 8.24. The number of hydrogen-bond donors (Lipinski definition) is 1. The molecule has 4 rings (SSSR count). The first-order valence-electron chi connectivity index (χ1n) is 9.35. The first-order chi connectivity index (χ1) is 14.6. The highest BCUT2D eigenvalue weighted by Crippen LogP contribution is 2.36. The van der Waals surface area contributed by atoms with E-state index in [1.54, 1.807) is 6.33 Å². The molecule has 0 radical (unpaired) electrons. The lowest BCUT2D eigenvalue weighted by atomic mass is 10.1. The van der Waals surface area contributed by atoms with Crippen molar-refractivity contribution in [2.45, 2.75) is 17.3 Å². The summed E-state index contributed by atoms with van der Waals surface area (Å²) in [6.07, 6.45) is 1.62. The Morgan fingerprint density at radius 1 is 1.03 bits per heavy atom. The van der Waals surface area contributed by atoms with Gasteiger partial charge in [0, 0.05) is 10.7 Å². The van der Waals surface area contributed by atoms with Crippen molar-refractivity contribution < 1.29 is 4.79 Å². The molecule has 150 valence electrons. The van der Waals surface area contributed by atoms with Crippen LogP contribution in [0.1, 0.15) is 16.4 Å². The fourth-order valence-electron chi connectivity index (χ4n) is 2.96. The molecule has 7 heteroatoms. The third-order valence-electron chi connectivity index (χ3n) is 4.49. The maximum absolute atomic E-state index is 13.2. The van der Waals surface area contributed by atoms with Crippen LogP contribution in [0.25, 0.3) is 5.69 Å². The molecule has 0 saturated carbocycles. The monoisotopic (exact) mass is 434 g/mol. The van der Waals surface area contributed by atoms with Gasteiger partial charge in [0.15, 0.2) is 5.16 Å². The van der Waals surface area contributed by atoms with Gasteiger partial charge < -0.3 is 5.32 Å². The number of nitrogens with zero attached hydrogens (tertiary/aromatic N) is 3. The second kappa shape index (κ2) is 9.15. The lowest BCUT2D eigenvalue weighted by Gasteiger charge is -2.17. The maximum atomic E-state index is 13.2. The van der Waals surface area contributed by atoms with E-state index in [0.29, 0.717) is 10.2 Å². The first kappa shape index (κ1) is 20.2. The predicted molar refractivity (Wildman–Crippen MR) is 121 cm³/mol. The van der Waals surface area contributed by atoms with Crippen LogP contribution in [0.2, 0.25) is 5.02 Å². The van der Waals surface area contributed by atoms with Crippen molar-refractivity contribution in [1.29, 1.82) is 0 Å². The van der Waals surface area contributed by atoms with E-state index < -0.39 is 5.25 Å². The van der Waals surface area contributed by atoms with Crippen LogP contribution < -0.4 is 5.32 Å². The minimum absolute atomic E-state index is 0.129. The predicted octanol–water partition coefficient (Wildman–Crippen LogP) is 5.70. The fraction of sp³-hybridized carbons (Fsp3) is 0.0870. The largest absolute Gasteiger partial charge is 0.325 e. The smallest absolute Gasteiger partial charge is 0.242 e. The summed E-state index contributed by atoms with van der Waals surface area (Å²) >= 11 is 7.48. The normalized spacial score (nSPS) is 11.8. The summed E-state index contributed by atoms with van der Waals surface area (Å²) in [5.41, 5.74) is 3.61. The van der Waals surface area contributed by atoms with Crippen LogP contribution >= 0.6 is 23.4 Å². The quantitative estimate of drug-likeness (QED) is 0.395. The number of aromatic nitrogens is 3. The van der Waals surface area contributed by atoms with Crippen molar-refractivity contribution >= 4 is 35.0 Å². The molecule has 0 fully saturated rings. The van der Waals surface area contributed by atoms with Gasteiger partial charge in [0.2, 0.25) is 5.91 Å². The Morgan fingerprint density at radius 2 is 1.80 bits per heavy atom. The lowest BCUT2D eigenvalue weighted by Crippen LogP contribution is -2.19. The van der Waals surface area contributed by atoms with Crippen LogP contribution in [0.5, 0.6) is 0 Å². The third-order valence-corrected chi connectivity index (χ3v) is 5.93. The number of benzene rings is 3. The summed E-state index contributed by atoms with van der Waals surface area (Å²) in [7, 11) is 0. The van der Waals surface area contributed by atoms with Crippen LogP contribution in [-0.2, 0) is 4.79 Å². The molecule has 1 amide bonds. The Labute approximate surface area is 184 Å². The van der Waals surface area contributed by atoms with E-state index in [0.717, 1.165) is 22.5 Å². The van der Waals surface area contributed by atoms with Crippen LogP contribution in [0.15, 0.2) is 90.3 Å². The Hall–Kier alpha value is -3.09. The molecule has 30 heavy (non-hydrogen) atoms. The van der Waals surface area contributed by atoms with Crippen molar-refractivity contribution in [3.05, 3.63) is 101 Å². The molecular weight excluding hydrogens is 416 g/mol. The zero-order valence-corrected chi connectivity index (χ0v) is 17.8. The van der Waals surface area contributed by atoms with Gasteiger partial charge in [0.1, 0.15) is 11.6 Å². The standard InChI is InChI=1S/C23H19ClN4OS/c1-16-10-12-19(13-11-16)26-22(29)21(17-6-3-2-4-7-17)30-23-27-25-15-28(23)20-9-5-8-18(24)14-20/h2-15,21H,1H3,(H,26,29). The molecule has 1 N–H and O–H groups in total. The second-order valence-electron chi connectivity index (χ2n) is 6.73. The van der Waals surface area contributed by atoms with Crippen molar-refractivity contribution in [2.24, 2.45) is 0 Å². The van der Waals surface area contributed by atoms with E-state index in [4.69, 9.17) is 11.6 Å². The summed E-state index contributed by atoms with van der Waals surface area (Å²) in [6.45, 7) is 2.01. The van der Waals surface area contributed by atoms with Crippen molar-refractivity contribution in [3.8, 4) is 5.69 Å². The zero-order chi connectivity index (χ0) is 20.9. The number of carbonyl (C=O) groups excluding carboxylic acids is 1. The maximum Gasteiger partial charge on any atom is 0.242 e. The highest BCUT2D eigenvalue weighted by molar-refractivity contribution is 8.00. The van der Waals surface area contributed by atoms with Gasteiger partial charge in [-0.15, -0.1) is 10.2 Å². The van der Waals surface area contributed by atoms with Crippen LogP contribution in [0.4, 0.5) is 5.69 Å². The molecule has 0 aliphatic carbocycles. The van der Waals surface area contributed by atoms with Gasteiger partial charge in [-0.1, -0.05) is 77.5 Å². The Morgan fingerprint density at radius 3 is 2.53 bits per heavy atom. The molecule has 4 aromatic rings. The highest BCUT2D eigenvalue weighted by Gasteiger charge is 2.25. The summed E-state index contributed by atoms with van der Waals surface area (Å²) in [5, 5.41) is 12.0. The van der Waals surface area contributed by atoms with Crippen LogP contribution in [0, 0.1) is 6.92 Å². The number of rotatable bonds is 6. The third kappa shape index (κ3) is 4.72. The molecule has 1 heterocycles. The van der Waals surface area contributed by atoms with Crippen molar-refractivity contribution in [1.82, 2.24) is 14.8 Å². The molecule has 3 aromatic carbocycles. The highest BCUT2D eigenvalue weighted by atomic mass is 35.5. The van der Waals surface area contributed by atoms with Gasteiger partial charge >= 0.3 is 0 Å². The van der Waals surface area contributed by atoms with Gasteiger partial charge in [-0.05, 0) is 42.8 Å². The minimum atomic E-state index is -0.505. The fourth-order valence-corrected chi connectivity index (χ4v) is 4.17. The molecular formula is C23H19ClN4OS. The van der Waals surface area contributed by atoms with E-state index >= 15 is 0 Å². The van der Waals surface area contributed by atoms with Gasteiger partial charge in [-0.3, -0.25) is 9.36 Å². The average molecular weight is 435 g/mol. The van der Waals surface area contributed by atoms with E-state index in [-0.39, 0.29) is 5.91 Å². The number of amides is 1. The molecule has 0 spiro atoms.